The van der Waals surface area contributed by atoms with E-state index in [0.717, 1.165) is 22.0 Å². The van der Waals surface area contributed by atoms with Crippen LogP contribution in [0.1, 0.15) is 5.56 Å². The van der Waals surface area contributed by atoms with Crippen molar-refractivity contribution in [1.82, 2.24) is 4.98 Å². The SMILES string of the molecule is C(=N\c1nc(-c2ccccc2)cs1)/c1ccc2ccccc2c1. The molecular formula is C20H14N2S. The molecule has 0 saturated carbocycles. The maximum atomic E-state index is 4.58. The Morgan fingerprint density at radius 3 is 2.48 bits per heavy atom. The van der Waals surface area contributed by atoms with Gasteiger partial charge in [0, 0.05) is 17.2 Å². The van der Waals surface area contributed by atoms with Gasteiger partial charge in [-0.3, -0.25) is 0 Å². The third-order valence-electron chi connectivity index (χ3n) is 3.66. The third-order valence-corrected chi connectivity index (χ3v) is 4.41. The molecule has 0 fully saturated rings. The summed E-state index contributed by atoms with van der Waals surface area (Å²) in [5.41, 5.74) is 3.18. The van der Waals surface area contributed by atoms with Crippen molar-refractivity contribution >= 4 is 33.5 Å². The first kappa shape index (κ1) is 13.9. The van der Waals surface area contributed by atoms with Crippen molar-refractivity contribution in [2.45, 2.75) is 0 Å². The lowest BCUT2D eigenvalue weighted by molar-refractivity contribution is 1.36. The zero-order valence-corrected chi connectivity index (χ0v) is 13.2. The Morgan fingerprint density at radius 1 is 0.826 bits per heavy atom. The fraction of sp³-hybridized carbons (Fsp3) is 0. The van der Waals surface area contributed by atoms with Gasteiger partial charge in [-0.15, -0.1) is 11.3 Å². The van der Waals surface area contributed by atoms with Crippen LogP contribution in [0.25, 0.3) is 22.0 Å². The van der Waals surface area contributed by atoms with Gasteiger partial charge < -0.3 is 0 Å². The average Bonchev–Trinajstić information content (AvgIpc) is 3.10. The average molecular weight is 314 g/mol. The van der Waals surface area contributed by atoms with Crippen molar-refractivity contribution in [2.24, 2.45) is 4.99 Å². The number of aliphatic imine (C=N–C) groups is 1. The summed E-state index contributed by atoms with van der Waals surface area (Å²) < 4.78 is 0. The normalized spacial score (nSPS) is 11.3. The molecular weight excluding hydrogens is 300 g/mol. The van der Waals surface area contributed by atoms with Crippen LogP contribution in [0.3, 0.4) is 0 Å². The Hall–Kier alpha value is -2.78. The molecule has 110 valence electrons. The van der Waals surface area contributed by atoms with Crippen molar-refractivity contribution < 1.29 is 0 Å². The summed E-state index contributed by atoms with van der Waals surface area (Å²) in [7, 11) is 0. The molecule has 0 unspecified atom stereocenters. The number of hydrogen-bond donors (Lipinski definition) is 0. The van der Waals surface area contributed by atoms with Gasteiger partial charge >= 0.3 is 0 Å². The maximum Gasteiger partial charge on any atom is 0.209 e. The molecule has 0 aliphatic carbocycles. The van der Waals surface area contributed by atoms with Gasteiger partial charge in [-0.1, -0.05) is 66.7 Å². The van der Waals surface area contributed by atoms with Gasteiger partial charge in [-0.2, -0.15) is 0 Å². The molecule has 0 N–H and O–H groups in total. The molecule has 0 bridgehead atoms. The minimum atomic E-state index is 0.775. The molecule has 0 atom stereocenters. The van der Waals surface area contributed by atoms with Gasteiger partial charge in [0.05, 0.1) is 5.69 Å². The molecule has 0 amide bonds. The minimum absolute atomic E-state index is 0.775. The lowest BCUT2D eigenvalue weighted by Crippen LogP contribution is -1.81. The van der Waals surface area contributed by atoms with Gasteiger partial charge in [0.25, 0.3) is 0 Å². The first-order valence-electron chi connectivity index (χ1n) is 7.42. The fourth-order valence-corrected chi connectivity index (χ4v) is 3.15. The summed E-state index contributed by atoms with van der Waals surface area (Å²) in [5.74, 6) is 0. The van der Waals surface area contributed by atoms with Gasteiger partial charge in [0.2, 0.25) is 5.13 Å². The van der Waals surface area contributed by atoms with Crippen molar-refractivity contribution in [3.8, 4) is 11.3 Å². The van der Waals surface area contributed by atoms with E-state index in [1.54, 1.807) is 11.3 Å². The van der Waals surface area contributed by atoms with Crippen molar-refractivity contribution in [3.05, 3.63) is 83.7 Å². The molecule has 0 saturated heterocycles. The molecule has 0 aliphatic rings. The fourth-order valence-electron chi connectivity index (χ4n) is 2.48. The monoisotopic (exact) mass is 314 g/mol. The van der Waals surface area contributed by atoms with Crippen LogP contribution in [0.4, 0.5) is 5.13 Å². The molecule has 0 spiro atoms. The third kappa shape index (κ3) is 3.05. The second-order valence-electron chi connectivity index (χ2n) is 5.25. The predicted octanol–water partition coefficient (Wildman–Crippen LogP) is 5.71. The number of thiazole rings is 1. The zero-order chi connectivity index (χ0) is 15.5. The van der Waals surface area contributed by atoms with E-state index in [1.807, 2.05) is 29.8 Å². The van der Waals surface area contributed by atoms with E-state index < -0.39 is 0 Å². The van der Waals surface area contributed by atoms with Crippen LogP contribution in [-0.4, -0.2) is 11.2 Å². The summed E-state index contributed by atoms with van der Waals surface area (Å²) in [6.07, 6.45) is 1.88. The quantitative estimate of drug-likeness (QED) is 0.444. The second-order valence-corrected chi connectivity index (χ2v) is 6.08. The van der Waals surface area contributed by atoms with Crippen LogP contribution >= 0.6 is 11.3 Å². The van der Waals surface area contributed by atoms with Crippen LogP contribution in [0.5, 0.6) is 0 Å². The van der Waals surface area contributed by atoms with Crippen LogP contribution in [0.2, 0.25) is 0 Å². The lowest BCUT2D eigenvalue weighted by Gasteiger charge is -1.98. The van der Waals surface area contributed by atoms with Crippen molar-refractivity contribution in [3.63, 3.8) is 0 Å². The molecule has 4 rings (SSSR count). The molecule has 1 aromatic heterocycles. The predicted molar refractivity (Wildman–Crippen MR) is 98.8 cm³/mol. The first-order valence-corrected chi connectivity index (χ1v) is 8.30. The summed E-state index contributed by atoms with van der Waals surface area (Å²) in [4.78, 5) is 9.09. The molecule has 0 aliphatic heterocycles. The molecule has 0 radical (unpaired) electrons. The molecule has 3 aromatic carbocycles. The van der Waals surface area contributed by atoms with E-state index in [0.29, 0.717) is 0 Å². The molecule has 1 heterocycles. The summed E-state index contributed by atoms with van der Waals surface area (Å²) in [6, 6.07) is 24.8. The Kier molecular flexibility index (Phi) is 3.70. The molecule has 3 heteroatoms. The van der Waals surface area contributed by atoms with Crippen molar-refractivity contribution in [2.75, 3.05) is 0 Å². The van der Waals surface area contributed by atoms with E-state index in [9.17, 15) is 0 Å². The number of hydrogen-bond acceptors (Lipinski definition) is 3. The van der Waals surface area contributed by atoms with E-state index in [1.165, 1.54) is 10.8 Å². The van der Waals surface area contributed by atoms with Crippen LogP contribution in [0, 0.1) is 0 Å². The van der Waals surface area contributed by atoms with Gasteiger partial charge in [0.1, 0.15) is 0 Å². The van der Waals surface area contributed by atoms with E-state index >= 15 is 0 Å². The lowest BCUT2D eigenvalue weighted by atomic mass is 10.1. The number of fused-ring (bicyclic) bond motifs is 1. The molecule has 4 aromatic rings. The maximum absolute atomic E-state index is 4.58. The Labute approximate surface area is 138 Å². The van der Waals surface area contributed by atoms with E-state index in [2.05, 4.69) is 64.6 Å². The highest BCUT2D eigenvalue weighted by atomic mass is 32.1. The van der Waals surface area contributed by atoms with Gasteiger partial charge in [-0.25, -0.2) is 9.98 Å². The summed E-state index contributed by atoms with van der Waals surface area (Å²) in [5, 5.41) is 5.28. The Balaban J connectivity index is 1.59. The topological polar surface area (TPSA) is 25.2 Å². The van der Waals surface area contributed by atoms with Crippen LogP contribution < -0.4 is 0 Å². The Morgan fingerprint density at radius 2 is 1.61 bits per heavy atom. The first-order chi connectivity index (χ1) is 11.4. The number of benzene rings is 3. The number of aromatic nitrogens is 1. The minimum Gasteiger partial charge on any atom is -0.227 e. The highest BCUT2D eigenvalue weighted by Gasteiger charge is 2.02. The molecule has 23 heavy (non-hydrogen) atoms. The number of nitrogens with zero attached hydrogens (tertiary/aromatic N) is 2. The zero-order valence-electron chi connectivity index (χ0n) is 12.4. The van der Waals surface area contributed by atoms with Crippen LogP contribution in [-0.2, 0) is 0 Å². The Bertz CT molecular complexity index is 971. The smallest absolute Gasteiger partial charge is 0.209 e. The van der Waals surface area contributed by atoms with E-state index in [4.69, 9.17) is 0 Å². The van der Waals surface area contributed by atoms with E-state index in [-0.39, 0.29) is 0 Å². The highest BCUT2D eigenvalue weighted by Crippen LogP contribution is 2.26. The molecule has 2 nitrogen and oxygen atoms in total. The van der Waals surface area contributed by atoms with Crippen LogP contribution in [0.15, 0.2) is 83.2 Å². The van der Waals surface area contributed by atoms with Crippen molar-refractivity contribution in [1.29, 1.82) is 0 Å². The summed E-state index contributed by atoms with van der Waals surface area (Å²) in [6.45, 7) is 0. The second kappa shape index (κ2) is 6.15. The largest absolute Gasteiger partial charge is 0.227 e. The summed E-state index contributed by atoms with van der Waals surface area (Å²) >= 11 is 1.56. The highest BCUT2D eigenvalue weighted by molar-refractivity contribution is 7.13. The number of rotatable bonds is 3. The standard InChI is InChI=1S/C20H14N2S/c1-2-7-17(8-3-1)19-14-23-20(22-19)21-13-15-10-11-16-6-4-5-9-18(16)12-15/h1-14H/b21-13+. The van der Waals surface area contributed by atoms with Gasteiger partial charge in [0.15, 0.2) is 0 Å². The van der Waals surface area contributed by atoms with Gasteiger partial charge in [-0.05, 0) is 22.4 Å².